The van der Waals surface area contributed by atoms with Crippen molar-refractivity contribution < 1.29 is 24.5 Å². The van der Waals surface area contributed by atoms with E-state index in [4.69, 9.17) is 9.84 Å². The normalized spacial score (nSPS) is 18.7. The maximum Gasteiger partial charge on any atom is 0.303 e. The molecule has 0 aliphatic carbocycles. The third-order valence-electron chi connectivity index (χ3n) is 3.19. The molecule has 2 atom stereocenters. The summed E-state index contributed by atoms with van der Waals surface area (Å²) < 4.78 is 5.42. The number of aliphatic carboxylic acids is 1. The van der Waals surface area contributed by atoms with E-state index >= 15 is 0 Å². The van der Waals surface area contributed by atoms with Crippen molar-refractivity contribution in [3.63, 3.8) is 0 Å². The standard InChI is InChI=1S/C14H17NO5/c1-8-14(19)15-10-7-9(5-6-12(10)20-8)11(16)3-2-4-13(17)18/h5-8,11,16H,2-4H2,1H3,(H,15,19)(H,17,18). The highest BCUT2D eigenvalue weighted by Gasteiger charge is 2.24. The quantitative estimate of drug-likeness (QED) is 0.762. The highest BCUT2D eigenvalue weighted by molar-refractivity contribution is 5.97. The van der Waals surface area contributed by atoms with E-state index in [-0.39, 0.29) is 12.3 Å². The maximum atomic E-state index is 11.5. The van der Waals surface area contributed by atoms with E-state index in [1.807, 2.05) is 0 Å². The number of aliphatic hydroxyl groups is 1. The van der Waals surface area contributed by atoms with E-state index in [9.17, 15) is 14.7 Å². The molecule has 1 aliphatic heterocycles. The second-order valence-electron chi connectivity index (χ2n) is 4.81. The molecule has 0 bridgehead atoms. The summed E-state index contributed by atoms with van der Waals surface area (Å²) in [5, 5.41) is 21.3. The van der Waals surface area contributed by atoms with Gasteiger partial charge in [0.05, 0.1) is 11.8 Å². The Morgan fingerprint density at radius 2 is 2.25 bits per heavy atom. The van der Waals surface area contributed by atoms with Crippen LogP contribution in [0.2, 0.25) is 0 Å². The number of aliphatic hydroxyl groups excluding tert-OH is 1. The van der Waals surface area contributed by atoms with Crippen LogP contribution in [0.25, 0.3) is 0 Å². The molecule has 2 rings (SSSR count). The van der Waals surface area contributed by atoms with Gasteiger partial charge in [-0.3, -0.25) is 9.59 Å². The van der Waals surface area contributed by atoms with Gasteiger partial charge in [-0.2, -0.15) is 0 Å². The first kappa shape index (κ1) is 14.3. The van der Waals surface area contributed by atoms with Crippen molar-refractivity contribution in [1.82, 2.24) is 0 Å². The number of carbonyl (C=O) groups is 2. The number of hydrogen-bond donors (Lipinski definition) is 3. The number of rotatable bonds is 5. The SMILES string of the molecule is CC1Oc2ccc(C(O)CCCC(=O)O)cc2NC1=O. The van der Waals surface area contributed by atoms with Crippen LogP contribution >= 0.6 is 0 Å². The van der Waals surface area contributed by atoms with E-state index in [2.05, 4.69) is 5.32 Å². The van der Waals surface area contributed by atoms with Crippen molar-refractivity contribution in [2.45, 2.75) is 38.4 Å². The number of amides is 1. The molecule has 6 nitrogen and oxygen atoms in total. The molecule has 3 N–H and O–H groups in total. The Kier molecular flexibility index (Phi) is 4.24. The van der Waals surface area contributed by atoms with Gasteiger partial charge < -0.3 is 20.3 Å². The summed E-state index contributed by atoms with van der Waals surface area (Å²) in [4.78, 5) is 22.0. The van der Waals surface area contributed by atoms with Gasteiger partial charge in [0.2, 0.25) is 0 Å². The Balaban J connectivity index is 2.05. The fourth-order valence-corrected chi connectivity index (χ4v) is 2.05. The minimum Gasteiger partial charge on any atom is -0.481 e. The highest BCUT2D eigenvalue weighted by atomic mass is 16.5. The first-order valence-electron chi connectivity index (χ1n) is 6.48. The average molecular weight is 279 g/mol. The molecular weight excluding hydrogens is 262 g/mol. The molecular formula is C14H17NO5. The Labute approximate surface area is 116 Å². The molecule has 2 unspecified atom stereocenters. The molecule has 1 heterocycles. The van der Waals surface area contributed by atoms with Crippen molar-refractivity contribution in [1.29, 1.82) is 0 Å². The summed E-state index contributed by atoms with van der Waals surface area (Å²) in [6, 6.07) is 5.07. The third kappa shape index (κ3) is 3.27. The minimum atomic E-state index is -0.878. The third-order valence-corrected chi connectivity index (χ3v) is 3.19. The van der Waals surface area contributed by atoms with Crippen LogP contribution in [0.1, 0.15) is 37.9 Å². The Morgan fingerprint density at radius 1 is 1.50 bits per heavy atom. The van der Waals surface area contributed by atoms with Gasteiger partial charge in [0, 0.05) is 6.42 Å². The van der Waals surface area contributed by atoms with E-state index in [0.29, 0.717) is 29.8 Å². The van der Waals surface area contributed by atoms with Crippen LogP contribution in [0.4, 0.5) is 5.69 Å². The first-order valence-corrected chi connectivity index (χ1v) is 6.48. The molecule has 6 heteroatoms. The molecule has 1 aromatic rings. The number of anilines is 1. The lowest BCUT2D eigenvalue weighted by Crippen LogP contribution is -2.34. The monoisotopic (exact) mass is 279 g/mol. The largest absolute Gasteiger partial charge is 0.481 e. The molecule has 1 aromatic carbocycles. The number of nitrogens with one attached hydrogen (secondary N) is 1. The average Bonchev–Trinajstić information content (AvgIpc) is 2.39. The van der Waals surface area contributed by atoms with Gasteiger partial charge in [0.1, 0.15) is 5.75 Å². The number of carboxylic acids is 1. The molecule has 0 spiro atoms. The van der Waals surface area contributed by atoms with E-state index < -0.39 is 18.2 Å². The Hall–Kier alpha value is -2.08. The summed E-state index contributed by atoms with van der Waals surface area (Å²) >= 11 is 0. The second kappa shape index (κ2) is 5.92. The van der Waals surface area contributed by atoms with Crippen LogP contribution in [-0.4, -0.2) is 28.2 Å². The fourth-order valence-electron chi connectivity index (χ4n) is 2.05. The smallest absolute Gasteiger partial charge is 0.303 e. The second-order valence-corrected chi connectivity index (χ2v) is 4.81. The number of benzene rings is 1. The molecule has 0 saturated heterocycles. The number of fused-ring (bicyclic) bond motifs is 1. The summed E-state index contributed by atoms with van der Waals surface area (Å²) in [7, 11) is 0. The fraction of sp³-hybridized carbons (Fsp3) is 0.429. The van der Waals surface area contributed by atoms with Gasteiger partial charge in [-0.15, -0.1) is 0 Å². The van der Waals surface area contributed by atoms with Crippen molar-refractivity contribution in [3.05, 3.63) is 23.8 Å². The van der Waals surface area contributed by atoms with Gasteiger partial charge in [0.15, 0.2) is 6.10 Å². The maximum absolute atomic E-state index is 11.5. The molecule has 108 valence electrons. The molecule has 0 aromatic heterocycles. The zero-order valence-corrected chi connectivity index (χ0v) is 11.1. The number of carbonyl (C=O) groups excluding carboxylic acids is 1. The predicted molar refractivity (Wildman–Crippen MR) is 71.6 cm³/mol. The highest BCUT2D eigenvalue weighted by Crippen LogP contribution is 2.33. The summed E-state index contributed by atoms with van der Waals surface area (Å²) in [5.74, 6) is -0.536. The van der Waals surface area contributed by atoms with Gasteiger partial charge in [-0.1, -0.05) is 6.07 Å². The number of hydrogen-bond acceptors (Lipinski definition) is 4. The first-order chi connectivity index (χ1) is 9.47. The van der Waals surface area contributed by atoms with Crippen LogP contribution in [0.3, 0.4) is 0 Å². The number of carboxylic acid groups (broad SMARTS) is 1. The molecule has 1 aliphatic rings. The minimum absolute atomic E-state index is 0.0271. The van der Waals surface area contributed by atoms with Crippen molar-refractivity contribution in [3.8, 4) is 5.75 Å². The van der Waals surface area contributed by atoms with E-state index in [1.54, 1.807) is 25.1 Å². The van der Waals surface area contributed by atoms with Gasteiger partial charge in [-0.05, 0) is 37.5 Å². The van der Waals surface area contributed by atoms with Gasteiger partial charge in [0.25, 0.3) is 5.91 Å². The molecule has 1 amide bonds. The Morgan fingerprint density at radius 3 is 2.95 bits per heavy atom. The van der Waals surface area contributed by atoms with E-state index in [0.717, 1.165) is 0 Å². The molecule has 0 radical (unpaired) electrons. The Bertz CT molecular complexity index is 528. The van der Waals surface area contributed by atoms with Crippen LogP contribution in [-0.2, 0) is 9.59 Å². The predicted octanol–water partition coefficient (Wildman–Crippen LogP) is 1.69. The van der Waals surface area contributed by atoms with Crippen molar-refractivity contribution >= 4 is 17.6 Å². The zero-order valence-electron chi connectivity index (χ0n) is 11.1. The lowest BCUT2D eigenvalue weighted by Gasteiger charge is -2.24. The lowest BCUT2D eigenvalue weighted by molar-refractivity contribution is -0.137. The van der Waals surface area contributed by atoms with Crippen molar-refractivity contribution in [2.75, 3.05) is 5.32 Å². The van der Waals surface area contributed by atoms with Crippen LogP contribution in [0, 0.1) is 0 Å². The summed E-state index contributed by atoms with van der Waals surface area (Å²) in [6.07, 6.45) is -0.506. The van der Waals surface area contributed by atoms with Gasteiger partial charge in [-0.25, -0.2) is 0 Å². The topological polar surface area (TPSA) is 95.9 Å². The lowest BCUT2D eigenvalue weighted by atomic mass is 10.0. The van der Waals surface area contributed by atoms with Crippen LogP contribution in [0.15, 0.2) is 18.2 Å². The molecule has 20 heavy (non-hydrogen) atoms. The van der Waals surface area contributed by atoms with Crippen LogP contribution < -0.4 is 10.1 Å². The van der Waals surface area contributed by atoms with Crippen LogP contribution in [0.5, 0.6) is 5.75 Å². The molecule has 0 fully saturated rings. The molecule has 0 saturated carbocycles. The van der Waals surface area contributed by atoms with E-state index in [1.165, 1.54) is 0 Å². The summed E-state index contributed by atoms with van der Waals surface area (Å²) in [5.41, 5.74) is 1.16. The van der Waals surface area contributed by atoms with Gasteiger partial charge >= 0.3 is 5.97 Å². The summed E-state index contributed by atoms with van der Waals surface area (Å²) in [6.45, 7) is 1.66. The number of ether oxygens (including phenoxy) is 1. The van der Waals surface area contributed by atoms with Crippen molar-refractivity contribution in [2.24, 2.45) is 0 Å². The zero-order chi connectivity index (χ0) is 14.7.